The third kappa shape index (κ3) is 3.68. The SMILES string of the molecule is O=C1CCC/C=C\C=C/1c1c(C(=O)O)n(Cc2ccc(F)cc2F)c2ccc3ccsc3c12. The fraction of sp³-hybridized carbons (Fsp3) is 0.154. The van der Waals surface area contributed by atoms with Crippen LogP contribution in [0.25, 0.3) is 26.6 Å². The number of ketones is 1. The summed E-state index contributed by atoms with van der Waals surface area (Å²) in [6.07, 6.45) is 7.20. The fourth-order valence-corrected chi connectivity index (χ4v) is 5.37. The molecule has 2 heterocycles. The molecular formula is C26H19F2NO3S. The van der Waals surface area contributed by atoms with E-state index in [1.54, 1.807) is 18.2 Å². The summed E-state index contributed by atoms with van der Waals surface area (Å²) < 4.78 is 30.4. The minimum Gasteiger partial charge on any atom is -0.477 e. The minimum absolute atomic E-state index is 0.0804. The van der Waals surface area contributed by atoms with E-state index in [0.29, 0.717) is 34.9 Å². The number of fused-ring (bicyclic) bond motifs is 3. The topological polar surface area (TPSA) is 59.3 Å². The molecule has 0 bridgehead atoms. The molecule has 2 aromatic carbocycles. The monoisotopic (exact) mass is 463 g/mol. The number of carboxylic acids is 1. The molecule has 0 saturated heterocycles. The van der Waals surface area contributed by atoms with E-state index in [-0.39, 0.29) is 23.6 Å². The van der Waals surface area contributed by atoms with Crippen molar-refractivity contribution in [3.8, 4) is 0 Å². The van der Waals surface area contributed by atoms with E-state index >= 15 is 0 Å². The second kappa shape index (κ2) is 8.41. The van der Waals surface area contributed by atoms with Crippen molar-refractivity contribution in [2.45, 2.75) is 25.8 Å². The van der Waals surface area contributed by atoms with Gasteiger partial charge in [-0.2, -0.15) is 0 Å². The van der Waals surface area contributed by atoms with Crippen LogP contribution in [-0.4, -0.2) is 21.4 Å². The van der Waals surface area contributed by atoms with Crippen LogP contribution in [0.1, 0.15) is 40.9 Å². The Hall–Kier alpha value is -3.58. The molecule has 0 spiro atoms. The van der Waals surface area contributed by atoms with Crippen LogP contribution in [0, 0.1) is 11.6 Å². The first-order valence-electron chi connectivity index (χ1n) is 10.6. The Morgan fingerprint density at radius 1 is 1.15 bits per heavy atom. The second-order valence-electron chi connectivity index (χ2n) is 7.97. The molecule has 7 heteroatoms. The number of carbonyl (C=O) groups is 2. The molecule has 0 aliphatic heterocycles. The average Bonchev–Trinajstić information content (AvgIpc) is 3.36. The van der Waals surface area contributed by atoms with Crippen LogP contribution in [-0.2, 0) is 11.3 Å². The quantitative estimate of drug-likeness (QED) is 0.372. The van der Waals surface area contributed by atoms with Gasteiger partial charge in [0.15, 0.2) is 5.78 Å². The summed E-state index contributed by atoms with van der Waals surface area (Å²) in [6.45, 7) is -0.113. The largest absolute Gasteiger partial charge is 0.477 e. The number of hydrogen-bond donors (Lipinski definition) is 1. The summed E-state index contributed by atoms with van der Waals surface area (Å²) in [4.78, 5) is 25.7. The van der Waals surface area contributed by atoms with Crippen molar-refractivity contribution in [3.63, 3.8) is 0 Å². The molecule has 5 rings (SSSR count). The molecule has 4 aromatic rings. The van der Waals surface area contributed by atoms with Crippen LogP contribution < -0.4 is 0 Å². The zero-order valence-corrected chi connectivity index (χ0v) is 18.3. The van der Waals surface area contributed by atoms with Gasteiger partial charge in [-0.3, -0.25) is 4.79 Å². The number of Topliss-reactive ketones (excluding diaryl/α,β-unsaturated/α-hetero) is 1. The summed E-state index contributed by atoms with van der Waals surface area (Å²) in [5.41, 5.74) is 1.35. The molecule has 33 heavy (non-hydrogen) atoms. The van der Waals surface area contributed by atoms with Gasteiger partial charge in [-0.25, -0.2) is 13.6 Å². The van der Waals surface area contributed by atoms with Gasteiger partial charge in [0.25, 0.3) is 0 Å². The lowest BCUT2D eigenvalue weighted by atomic mass is 9.93. The van der Waals surface area contributed by atoms with Crippen LogP contribution in [0.5, 0.6) is 0 Å². The number of nitrogens with zero attached hydrogens (tertiary/aromatic N) is 1. The van der Waals surface area contributed by atoms with E-state index in [1.807, 2.05) is 23.6 Å². The normalized spacial score (nSPS) is 17.0. The van der Waals surface area contributed by atoms with Gasteiger partial charge >= 0.3 is 5.97 Å². The van der Waals surface area contributed by atoms with Crippen molar-refractivity contribution in [1.29, 1.82) is 0 Å². The van der Waals surface area contributed by atoms with Gasteiger partial charge in [-0.1, -0.05) is 30.4 Å². The van der Waals surface area contributed by atoms with Gasteiger partial charge in [0, 0.05) is 39.3 Å². The molecule has 0 saturated carbocycles. The zero-order chi connectivity index (χ0) is 23.1. The Morgan fingerprint density at radius 3 is 2.79 bits per heavy atom. The molecule has 1 aliphatic rings. The lowest BCUT2D eigenvalue weighted by Crippen LogP contribution is -2.14. The Kier molecular flexibility index (Phi) is 5.42. The Morgan fingerprint density at radius 2 is 2.00 bits per heavy atom. The lowest BCUT2D eigenvalue weighted by molar-refractivity contribution is -0.113. The standard InChI is InChI=1S/C26H19F2NO3S/c27-17-9-7-16(19(28)13-17)14-29-20-10-8-15-11-12-33-25(15)23(20)22(24(29)26(31)32)18-5-3-1-2-4-6-21(18)30/h1,3,5,7-13H,2,4,6,14H2,(H,31,32)/b3-1-,18-5+. The van der Waals surface area contributed by atoms with Crippen molar-refractivity contribution >= 4 is 49.7 Å². The summed E-state index contributed by atoms with van der Waals surface area (Å²) in [5, 5.41) is 13.8. The van der Waals surface area contributed by atoms with Crippen molar-refractivity contribution in [2.24, 2.45) is 0 Å². The van der Waals surface area contributed by atoms with Crippen LogP contribution >= 0.6 is 11.3 Å². The van der Waals surface area contributed by atoms with Crippen molar-refractivity contribution < 1.29 is 23.5 Å². The van der Waals surface area contributed by atoms with E-state index in [9.17, 15) is 23.5 Å². The third-order valence-corrected chi connectivity index (χ3v) is 6.88. The van der Waals surface area contributed by atoms with Crippen molar-refractivity contribution in [1.82, 2.24) is 4.57 Å². The van der Waals surface area contributed by atoms with E-state index < -0.39 is 17.6 Å². The summed E-state index contributed by atoms with van der Waals surface area (Å²) in [7, 11) is 0. The highest BCUT2D eigenvalue weighted by Crippen LogP contribution is 2.40. The predicted octanol–water partition coefficient (Wildman–Crippen LogP) is 6.57. The van der Waals surface area contributed by atoms with Gasteiger partial charge in [0.05, 0.1) is 12.1 Å². The van der Waals surface area contributed by atoms with Gasteiger partial charge in [-0.15, -0.1) is 11.3 Å². The van der Waals surface area contributed by atoms with E-state index in [1.165, 1.54) is 22.0 Å². The second-order valence-corrected chi connectivity index (χ2v) is 8.89. The number of aromatic nitrogens is 1. The summed E-state index contributed by atoms with van der Waals surface area (Å²) >= 11 is 1.46. The number of hydrogen-bond acceptors (Lipinski definition) is 3. The van der Waals surface area contributed by atoms with Crippen molar-refractivity contribution in [3.05, 3.63) is 88.5 Å². The Balaban J connectivity index is 1.87. The van der Waals surface area contributed by atoms with E-state index in [4.69, 9.17) is 0 Å². The number of benzene rings is 2. The third-order valence-electron chi connectivity index (χ3n) is 5.94. The molecule has 1 aliphatic carbocycles. The highest BCUT2D eigenvalue weighted by molar-refractivity contribution is 7.18. The molecule has 1 N–H and O–H groups in total. The molecular weight excluding hydrogens is 444 g/mol. The molecule has 0 unspecified atom stereocenters. The Bertz CT molecular complexity index is 1490. The Labute approximate surface area is 192 Å². The first kappa shape index (κ1) is 21.3. The van der Waals surface area contributed by atoms with E-state index in [0.717, 1.165) is 28.6 Å². The van der Waals surface area contributed by atoms with Gasteiger partial charge in [0.2, 0.25) is 0 Å². The number of aromatic carboxylic acids is 1. The fourth-order valence-electron chi connectivity index (χ4n) is 4.42. The smallest absolute Gasteiger partial charge is 0.353 e. The number of thiophene rings is 1. The van der Waals surface area contributed by atoms with Gasteiger partial charge in [-0.05, 0) is 41.8 Å². The first-order valence-corrected chi connectivity index (χ1v) is 11.4. The first-order chi connectivity index (χ1) is 16.0. The maximum atomic E-state index is 14.5. The lowest BCUT2D eigenvalue weighted by Gasteiger charge is -2.12. The van der Waals surface area contributed by atoms with Crippen LogP contribution in [0.15, 0.2) is 60.0 Å². The number of carboxylic acid groups (broad SMARTS) is 1. The number of rotatable bonds is 4. The highest BCUT2D eigenvalue weighted by Gasteiger charge is 2.29. The van der Waals surface area contributed by atoms with Crippen LogP contribution in [0.2, 0.25) is 0 Å². The van der Waals surface area contributed by atoms with Gasteiger partial charge < -0.3 is 9.67 Å². The molecule has 0 amide bonds. The predicted molar refractivity (Wildman–Crippen MR) is 126 cm³/mol. The number of allylic oxidation sites excluding steroid dienone is 4. The van der Waals surface area contributed by atoms with Crippen molar-refractivity contribution in [2.75, 3.05) is 0 Å². The van der Waals surface area contributed by atoms with Gasteiger partial charge in [0.1, 0.15) is 17.3 Å². The molecule has 2 aromatic heterocycles. The summed E-state index contributed by atoms with van der Waals surface area (Å²) in [6, 6.07) is 8.87. The average molecular weight is 464 g/mol. The molecule has 166 valence electrons. The molecule has 4 nitrogen and oxygen atoms in total. The maximum absolute atomic E-state index is 14.5. The molecule has 0 atom stereocenters. The molecule has 0 radical (unpaired) electrons. The van der Waals surface area contributed by atoms with E-state index in [2.05, 4.69) is 0 Å². The zero-order valence-electron chi connectivity index (χ0n) is 17.5. The number of halogens is 2. The van der Waals surface area contributed by atoms with Crippen LogP contribution in [0.4, 0.5) is 8.78 Å². The summed E-state index contributed by atoms with van der Waals surface area (Å²) in [5.74, 6) is -2.79. The van der Waals surface area contributed by atoms with Crippen LogP contribution in [0.3, 0.4) is 0 Å². The minimum atomic E-state index is -1.21. The maximum Gasteiger partial charge on any atom is 0.353 e. The molecule has 0 fully saturated rings. The number of carbonyl (C=O) groups excluding carboxylic acids is 1. The highest BCUT2D eigenvalue weighted by atomic mass is 32.1.